The number of ether oxygens (including phenoxy) is 1. The van der Waals surface area contributed by atoms with Crippen LogP contribution in [0.5, 0.6) is 51.7 Å². The summed E-state index contributed by atoms with van der Waals surface area (Å²) in [5.41, 5.74) is 9.09. The van der Waals surface area contributed by atoms with Crippen LogP contribution in [0, 0.1) is 5.82 Å². The van der Waals surface area contributed by atoms with Gasteiger partial charge in [0.05, 0.1) is 32.8 Å². The van der Waals surface area contributed by atoms with Crippen LogP contribution in [-0.4, -0.2) is 48.0 Å². The van der Waals surface area contributed by atoms with Crippen molar-refractivity contribution < 1.29 is 63.2 Å². The average molecular weight is 1940 g/mol. The van der Waals surface area contributed by atoms with Crippen LogP contribution in [0.15, 0.2) is 194 Å². The highest BCUT2D eigenvalue weighted by Crippen LogP contribution is 2.43. The number of halogens is 12. The van der Waals surface area contributed by atoms with Crippen molar-refractivity contribution in [2.24, 2.45) is 0 Å². The molecule has 21 heteroatoms. The summed E-state index contributed by atoms with van der Waals surface area (Å²) in [6.07, 6.45) is -3.24. The van der Waals surface area contributed by atoms with Gasteiger partial charge in [0.1, 0.15) is 57.6 Å². The lowest BCUT2D eigenvalue weighted by molar-refractivity contribution is -0.138. The van der Waals surface area contributed by atoms with Gasteiger partial charge in [-0.25, -0.2) is 4.39 Å². The molecule has 0 saturated heterocycles. The second-order valence-electron chi connectivity index (χ2n) is 41.5. The highest BCUT2D eigenvalue weighted by atomic mass is 35.5. The van der Waals surface area contributed by atoms with E-state index >= 15 is 0 Å². The highest BCUT2D eigenvalue weighted by Gasteiger charge is 2.36. The number of hydrogen-bond acceptors (Lipinski definition) is 9. The standard InChI is InChI=1S/C14H16O.C12H18O.C11H14Cl2O.C11H13F3.C10H12Cl2O.4C10H13ClO.C10H13FO/c1-14(2,3)13-9-11(15)8-10-6-4-5-7-12(10)13;1-5-9-6-7-10(13)8-11(9)12(2,3)4;1-11(2,3)8-5-7(14-4)6-9(12)10(8)13;1-10(2,3)8-6-4-5-7-9(8)11(12,13)14;1-10(2,3)7-4-6(13)5-8(11)9(7)12;1-10(2,3)7-4-8(11)6-9(12)5-7;2*1-10(2,3)8-6-7(12)4-5-9(8)11;1-10(2,3)8-5-4-7(12)6-9(8)11;1-10(2,3)9-7(11)5-4-6-8(9)12/h4-9,15H,1-3H3;6-8,13H,5H2,1-4H3;5-6H,1-4H3;4-7H,1-3H3;4-5,13H,1-3H3;5*4-6,12H,1-3H3. The lowest BCUT2D eigenvalue weighted by atomic mass is 9.83. The van der Waals surface area contributed by atoms with Gasteiger partial charge in [-0.05, 0) is 248 Å². The van der Waals surface area contributed by atoms with E-state index in [0.29, 0.717) is 62.8 Å². The molecule has 0 unspecified atom stereocenters. The predicted octanol–water partition coefficient (Wildman–Crippen LogP) is 35.6. The fourth-order valence-corrected chi connectivity index (χ4v) is 15.5. The molecule has 0 aromatic heterocycles. The molecule has 0 spiro atoms. The zero-order valence-corrected chi connectivity index (χ0v) is 87.3. The van der Waals surface area contributed by atoms with Crippen molar-refractivity contribution in [3.63, 3.8) is 0 Å². The Hall–Kier alpha value is -8.08. The lowest BCUT2D eigenvalue weighted by Gasteiger charge is -2.23. The van der Waals surface area contributed by atoms with Crippen LogP contribution in [0.3, 0.4) is 0 Å². The molecule has 11 rings (SSSR count). The van der Waals surface area contributed by atoms with Crippen LogP contribution in [0.1, 0.15) is 281 Å². The van der Waals surface area contributed by atoms with Crippen molar-refractivity contribution in [1.82, 2.24) is 0 Å². The number of fused-ring (bicyclic) bond motifs is 1. The van der Waals surface area contributed by atoms with Gasteiger partial charge in [-0.3, -0.25) is 0 Å². The van der Waals surface area contributed by atoms with Crippen LogP contribution in [0.4, 0.5) is 17.6 Å². The van der Waals surface area contributed by atoms with Crippen LogP contribution >= 0.6 is 92.8 Å². The fourth-order valence-electron chi connectivity index (χ4n) is 12.8. The smallest absolute Gasteiger partial charge is 0.416 e. The number of aromatic hydroxyl groups is 8. The first kappa shape index (κ1) is 117. The van der Waals surface area contributed by atoms with Gasteiger partial charge in [-0.1, -0.05) is 368 Å². The van der Waals surface area contributed by atoms with Crippen LogP contribution in [-0.2, 0) is 66.7 Å². The van der Waals surface area contributed by atoms with Gasteiger partial charge in [0.15, 0.2) is 0 Å². The van der Waals surface area contributed by atoms with E-state index in [2.05, 4.69) is 158 Å². The zero-order valence-electron chi connectivity index (χ0n) is 81.2. The molecule has 0 aliphatic heterocycles. The molecule has 0 aliphatic carbocycles. The van der Waals surface area contributed by atoms with E-state index in [1.165, 1.54) is 64.5 Å². The summed E-state index contributed by atoms with van der Waals surface area (Å²) < 4.78 is 56.1. The Kier molecular flexibility index (Phi) is 43.6. The molecule has 708 valence electrons. The minimum atomic E-state index is -4.26. The monoisotopic (exact) mass is 1930 g/mol. The third kappa shape index (κ3) is 39.3. The minimum Gasteiger partial charge on any atom is -0.508 e. The first-order valence-electron chi connectivity index (χ1n) is 42.3. The molecule has 0 heterocycles. The number of phenolic OH excluding ortho intramolecular Hbond substituents is 8. The molecule has 0 aliphatic rings. The quantitative estimate of drug-likeness (QED) is 0.0785. The Bertz CT molecular complexity index is 5300. The maximum Gasteiger partial charge on any atom is 0.416 e. The highest BCUT2D eigenvalue weighted by molar-refractivity contribution is 6.43. The molecule has 0 atom stereocenters. The van der Waals surface area contributed by atoms with Gasteiger partial charge < -0.3 is 45.6 Å². The summed E-state index contributed by atoms with van der Waals surface area (Å²) in [6, 6.07) is 54.6. The molecule has 8 N–H and O–H groups in total. The first-order chi connectivity index (χ1) is 58.4. The van der Waals surface area contributed by atoms with Gasteiger partial charge >= 0.3 is 6.18 Å². The van der Waals surface area contributed by atoms with Crippen molar-refractivity contribution in [3.05, 3.63) is 307 Å². The maximum absolute atomic E-state index is 13.2. The van der Waals surface area contributed by atoms with Crippen LogP contribution in [0.2, 0.25) is 40.2 Å². The first-order valence-corrected chi connectivity index (χ1v) is 45.3. The van der Waals surface area contributed by atoms with Gasteiger partial charge in [-0.2, -0.15) is 13.2 Å². The summed E-state index contributed by atoms with van der Waals surface area (Å²) in [7, 11) is 1.62. The van der Waals surface area contributed by atoms with E-state index in [1.54, 1.807) is 107 Å². The average Bonchev–Trinajstić information content (AvgIpc) is 0.787. The number of phenols is 8. The third-order valence-corrected chi connectivity index (χ3v) is 22.4. The normalized spacial score (nSPS) is 11.8. The van der Waals surface area contributed by atoms with E-state index in [9.17, 15) is 53.3 Å². The SMILES string of the molecule is CC(C)(C)c1c(O)cccc1F.CC(C)(C)c1cc(O)cc(Cl)c1.CC(C)(C)c1cc(O)cc(Cl)c1Cl.CC(C)(C)c1cc(O)cc2ccccc12.CC(C)(C)c1cc(O)ccc1Cl.CC(C)(C)c1cc(O)ccc1Cl.CC(C)(C)c1ccc(O)cc1Cl.CC(C)(C)c1ccccc1C(F)(F)F.CCc1ccc(O)cc1C(C)(C)C.COc1cc(Cl)c(Cl)c(C(C)(C)C)c1. The number of benzene rings is 11. The van der Waals surface area contributed by atoms with Crippen molar-refractivity contribution in [3.8, 4) is 51.7 Å². The second kappa shape index (κ2) is 48.0. The summed E-state index contributed by atoms with van der Waals surface area (Å²) >= 11 is 47.6. The zero-order chi connectivity index (χ0) is 100. The van der Waals surface area contributed by atoms with E-state index < -0.39 is 17.2 Å². The fraction of sp³-hybridized carbons (Fsp3) is 0.407. The number of hydrogen-bond donors (Lipinski definition) is 8. The van der Waals surface area contributed by atoms with Crippen molar-refractivity contribution in [2.75, 3.05) is 7.11 Å². The Morgan fingerprint density at radius 1 is 0.279 bits per heavy atom. The number of alkyl halides is 3. The molecule has 0 amide bonds. The topological polar surface area (TPSA) is 171 Å². The number of aryl methyl sites for hydroxylation is 1. The van der Waals surface area contributed by atoms with Gasteiger partial charge in [-0.15, -0.1) is 0 Å². The Labute approximate surface area is 807 Å². The van der Waals surface area contributed by atoms with Gasteiger partial charge in [0, 0.05) is 37.8 Å². The second-order valence-corrected chi connectivity index (χ2v) is 44.8. The van der Waals surface area contributed by atoms with Crippen molar-refractivity contribution in [1.29, 1.82) is 0 Å². The molecule has 11 aromatic rings. The largest absolute Gasteiger partial charge is 0.508 e. The lowest BCUT2D eigenvalue weighted by Crippen LogP contribution is -2.19. The maximum atomic E-state index is 13.2. The molecular weight excluding hydrogens is 1800 g/mol. The van der Waals surface area contributed by atoms with E-state index in [-0.39, 0.29) is 89.0 Å². The molecule has 0 fully saturated rings. The van der Waals surface area contributed by atoms with E-state index in [1.807, 2.05) is 102 Å². The Morgan fingerprint density at radius 3 is 1.02 bits per heavy atom. The number of rotatable bonds is 2. The van der Waals surface area contributed by atoms with E-state index in [4.69, 9.17) is 103 Å². The van der Waals surface area contributed by atoms with Crippen molar-refractivity contribution >= 4 is 104 Å². The van der Waals surface area contributed by atoms with Gasteiger partial charge in [0.25, 0.3) is 0 Å². The third-order valence-electron chi connectivity index (χ3n) is 19.6. The summed E-state index contributed by atoms with van der Waals surface area (Å²) in [5, 5.41) is 81.7. The molecule has 9 nitrogen and oxygen atoms in total. The molecule has 11 aromatic carbocycles. The summed E-state index contributed by atoms with van der Waals surface area (Å²) in [6.45, 7) is 63.3. The molecule has 0 bridgehead atoms. The summed E-state index contributed by atoms with van der Waals surface area (Å²) in [5.74, 6) is 2.27. The molecule has 0 saturated carbocycles. The molecule has 129 heavy (non-hydrogen) atoms. The Balaban J connectivity index is 0.000000486. The summed E-state index contributed by atoms with van der Waals surface area (Å²) in [4.78, 5) is 0. The van der Waals surface area contributed by atoms with Gasteiger partial charge in [0.2, 0.25) is 0 Å². The van der Waals surface area contributed by atoms with Crippen LogP contribution < -0.4 is 4.74 Å². The van der Waals surface area contributed by atoms with Crippen LogP contribution in [0.25, 0.3) is 10.8 Å². The predicted molar refractivity (Wildman–Crippen MR) is 543 cm³/mol. The van der Waals surface area contributed by atoms with Crippen molar-refractivity contribution in [2.45, 2.75) is 281 Å². The minimum absolute atomic E-state index is 0.0180. The molecular formula is C108H138Cl8F4O9. The number of methoxy groups -OCH3 is 1. The Morgan fingerprint density at radius 2 is 0.643 bits per heavy atom. The van der Waals surface area contributed by atoms with E-state index in [0.717, 1.165) is 57.0 Å². The molecule has 0 radical (unpaired) electrons.